The molecule has 0 heterocycles. The lowest BCUT2D eigenvalue weighted by atomic mass is 10.0. The van der Waals surface area contributed by atoms with Crippen LogP contribution in [0.2, 0.25) is 0 Å². The number of rotatable bonds is 48. The SMILES string of the molecule is CCCCCCCCCCCCCCCCCCCC(CC(=O)NC(CO)C(O)CCCCCCCCCCCC)OC(=O)CCCCCCCCCCCCCC. The number of amides is 1. The molecule has 0 spiro atoms. The second kappa shape index (κ2) is 46.9. The van der Waals surface area contributed by atoms with Gasteiger partial charge in [0.2, 0.25) is 5.91 Å². The van der Waals surface area contributed by atoms with Crippen LogP contribution in [0.15, 0.2) is 0 Å². The van der Waals surface area contributed by atoms with Crippen molar-refractivity contribution in [3.63, 3.8) is 0 Å². The van der Waals surface area contributed by atoms with Crippen molar-refractivity contribution in [2.45, 2.75) is 315 Å². The van der Waals surface area contributed by atoms with Gasteiger partial charge in [0.05, 0.1) is 25.2 Å². The molecule has 3 N–H and O–H groups in total. The lowest BCUT2D eigenvalue weighted by Gasteiger charge is -2.24. The lowest BCUT2D eigenvalue weighted by molar-refractivity contribution is -0.151. The first-order valence-electron chi connectivity index (χ1n) is 26.3. The third kappa shape index (κ3) is 41.6. The summed E-state index contributed by atoms with van der Waals surface area (Å²) in [5.74, 6) is -0.451. The molecule has 0 saturated heterocycles. The van der Waals surface area contributed by atoms with Gasteiger partial charge in [-0.1, -0.05) is 258 Å². The molecule has 1 amide bonds. The predicted octanol–water partition coefficient (Wildman–Crippen LogP) is 15.6. The van der Waals surface area contributed by atoms with Crippen LogP contribution in [0.25, 0.3) is 0 Å². The van der Waals surface area contributed by atoms with Gasteiger partial charge in [-0.05, 0) is 25.7 Å². The highest BCUT2D eigenvalue weighted by Crippen LogP contribution is 2.19. The minimum atomic E-state index is -0.778. The zero-order valence-electron chi connectivity index (χ0n) is 39.5. The quantitative estimate of drug-likeness (QED) is 0.0420. The molecule has 0 aliphatic carbocycles. The first kappa shape index (κ1) is 56.9. The van der Waals surface area contributed by atoms with Gasteiger partial charge in [-0.2, -0.15) is 0 Å². The molecule has 0 fully saturated rings. The summed E-state index contributed by atoms with van der Waals surface area (Å²) in [6.45, 7) is 6.50. The van der Waals surface area contributed by atoms with Gasteiger partial charge in [0.1, 0.15) is 6.10 Å². The molecular weight excluding hydrogens is 719 g/mol. The number of nitrogens with one attached hydrogen (secondary N) is 1. The van der Waals surface area contributed by atoms with Crippen molar-refractivity contribution in [3.05, 3.63) is 0 Å². The Bertz CT molecular complexity index is 837. The van der Waals surface area contributed by atoms with Crippen LogP contribution in [-0.2, 0) is 14.3 Å². The van der Waals surface area contributed by atoms with Gasteiger partial charge in [0, 0.05) is 6.42 Å². The topological polar surface area (TPSA) is 95.9 Å². The van der Waals surface area contributed by atoms with Crippen LogP contribution in [0.5, 0.6) is 0 Å². The summed E-state index contributed by atoms with van der Waals surface area (Å²) in [5, 5.41) is 23.7. The standard InChI is InChI=1S/C52H103NO5/c1-4-7-10-13-16-19-22-24-25-26-27-28-29-31-34-37-40-43-48(58-52(57)45-42-39-36-33-30-23-20-17-14-11-8-5-2)46-51(56)53-49(47-54)50(55)44-41-38-35-32-21-18-15-12-9-6-3/h48-50,54-55H,4-47H2,1-3H3,(H,53,56). The Morgan fingerprint density at radius 1 is 0.431 bits per heavy atom. The maximum atomic E-state index is 13.2. The fourth-order valence-corrected chi connectivity index (χ4v) is 8.43. The number of aliphatic hydroxyl groups excluding tert-OH is 2. The fraction of sp³-hybridized carbons (Fsp3) is 0.962. The van der Waals surface area contributed by atoms with Crippen LogP contribution in [0.1, 0.15) is 297 Å². The van der Waals surface area contributed by atoms with Gasteiger partial charge in [-0.25, -0.2) is 0 Å². The van der Waals surface area contributed by atoms with E-state index in [1.807, 2.05) is 0 Å². The van der Waals surface area contributed by atoms with E-state index in [4.69, 9.17) is 4.74 Å². The summed E-state index contributed by atoms with van der Waals surface area (Å²) >= 11 is 0. The highest BCUT2D eigenvalue weighted by Gasteiger charge is 2.24. The van der Waals surface area contributed by atoms with E-state index in [-0.39, 0.29) is 24.9 Å². The van der Waals surface area contributed by atoms with Crippen LogP contribution < -0.4 is 5.32 Å². The van der Waals surface area contributed by atoms with E-state index >= 15 is 0 Å². The Kier molecular flexibility index (Phi) is 46.0. The van der Waals surface area contributed by atoms with Gasteiger partial charge in [0.15, 0.2) is 0 Å². The van der Waals surface area contributed by atoms with Crippen LogP contribution >= 0.6 is 0 Å². The van der Waals surface area contributed by atoms with Crippen LogP contribution in [-0.4, -0.2) is 46.9 Å². The molecule has 346 valence electrons. The molecule has 0 saturated carbocycles. The third-order valence-corrected chi connectivity index (χ3v) is 12.4. The van der Waals surface area contributed by atoms with E-state index in [0.29, 0.717) is 19.3 Å². The van der Waals surface area contributed by atoms with Crippen molar-refractivity contribution in [3.8, 4) is 0 Å². The predicted molar refractivity (Wildman–Crippen MR) is 250 cm³/mol. The van der Waals surface area contributed by atoms with Gasteiger partial charge in [0.25, 0.3) is 0 Å². The Morgan fingerprint density at radius 2 is 0.724 bits per heavy atom. The summed E-state index contributed by atoms with van der Waals surface area (Å²) in [6, 6.07) is -0.691. The Hall–Kier alpha value is -1.14. The van der Waals surface area contributed by atoms with Gasteiger partial charge >= 0.3 is 5.97 Å². The minimum absolute atomic E-state index is 0.0878. The maximum Gasteiger partial charge on any atom is 0.306 e. The van der Waals surface area contributed by atoms with Crippen LogP contribution in [0.4, 0.5) is 0 Å². The van der Waals surface area contributed by atoms with Gasteiger partial charge in [-0.15, -0.1) is 0 Å². The highest BCUT2D eigenvalue weighted by molar-refractivity contribution is 5.77. The summed E-state index contributed by atoms with van der Waals surface area (Å²) in [7, 11) is 0. The van der Waals surface area contributed by atoms with Gasteiger partial charge < -0.3 is 20.3 Å². The van der Waals surface area contributed by atoms with Crippen molar-refractivity contribution >= 4 is 11.9 Å². The number of ether oxygens (including phenoxy) is 1. The second-order valence-electron chi connectivity index (χ2n) is 18.3. The van der Waals surface area contributed by atoms with Crippen molar-refractivity contribution < 1.29 is 24.5 Å². The van der Waals surface area contributed by atoms with Gasteiger partial charge in [-0.3, -0.25) is 9.59 Å². The van der Waals surface area contributed by atoms with Crippen molar-refractivity contribution in [2.75, 3.05) is 6.61 Å². The smallest absolute Gasteiger partial charge is 0.306 e. The number of aliphatic hydroxyl groups is 2. The zero-order chi connectivity index (χ0) is 42.4. The number of esters is 1. The van der Waals surface area contributed by atoms with Crippen molar-refractivity contribution in [1.82, 2.24) is 5.32 Å². The van der Waals surface area contributed by atoms with Crippen LogP contribution in [0, 0.1) is 0 Å². The van der Waals surface area contributed by atoms with Crippen molar-refractivity contribution in [2.24, 2.45) is 0 Å². The van der Waals surface area contributed by atoms with Crippen LogP contribution in [0.3, 0.4) is 0 Å². The van der Waals surface area contributed by atoms with E-state index < -0.39 is 18.2 Å². The number of carbonyl (C=O) groups excluding carboxylic acids is 2. The van der Waals surface area contributed by atoms with E-state index in [0.717, 1.165) is 44.9 Å². The maximum absolute atomic E-state index is 13.2. The Labute approximate surface area is 362 Å². The highest BCUT2D eigenvalue weighted by atomic mass is 16.5. The summed E-state index contributed by atoms with van der Waals surface area (Å²) in [6.07, 6.45) is 50.2. The molecule has 0 aromatic rings. The molecule has 0 aromatic carbocycles. The van der Waals surface area contributed by atoms with E-state index in [9.17, 15) is 19.8 Å². The minimum Gasteiger partial charge on any atom is -0.462 e. The average Bonchev–Trinajstić information content (AvgIpc) is 3.22. The molecule has 6 nitrogen and oxygen atoms in total. The molecule has 3 unspecified atom stereocenters. The van der Waals surface area contributed by atoms with E-state index in [1.54, 1.807) is 0 Å². The molecule has 6 heteroatoms. The second-order valence-corrected chi connectivity index (χ2v) is 18.3. The summed E-state index contributed by atoms with van der Waals surface area (Å²) < 4.78 is 5.94. The third-order valence-electron chi connectivity index (χ3n) is 12.4. The Balaban J connectivity index is 4.50. The normalized spacial score (nSPS) is 13.1. The Morgan fingerprint density at radius 3 is 1.05 bits per heavy atom. The summed E-state index contributed by atoms with van der Waals surface area (Å²) in [4.78, 5) is 26.1. The number of hydrogen-bond donors (Lipinski definition) is 3. The molecule has 0 bridgehead atoms. The van der Waals surface area contributed by atoms with E-state index in [2.05, 4.69) is 26.1 Å². The number of unbranched alkanes of at least 4 members (excludes halogenated alkanes) is 36. The first-order chi connectivity index (χ1) is 28.5. The fourth-order valence-electron chi connectivity index (χ4n) is 8.43. The largest absolute Gasteiger partial charge is 0.462 e. The molecule has 58 heavy (non-hydrogen) atoms. The molecule has 0 rings (SSSR count). The average molecular weight is 822 g/mol. The molecule has 0 aliphatic rings. The zero-order valence-corrected chi connectivity index (χ0v) is 39.5. The molecule has 3 atom stereocenters. The number of hydrogen-bond acceptors (Lipinski definition) is 5. The molecule has 0 aromatic heterocycles. The molecular formula is C52H103NO5. The van der Waals surface area contributed by atoms with E-state index in [1.165, 1.54) is 205 Å². The first-order valence-corrected chi connectivity index (χ1v) is 26.3. The molecule has 0 radical (unpaired) electrons. The summed E-state index contributed by atoms with van der Waals surface area (Å²) in [5.41, 5.74) is 0. The number of carbonyl (C=O) groups is 2. The monoisotopic (exact) mass is 822 g/mol. The lowest BCUT2D eigenvalue weighted by Crippen LogP contribution is -2.46. The molecule has 0 aliphatic heterocycles. The van der Waals surface area contributed by atoms with Crippen molar-refractivity contribution in [1.29, 1.82) is 0 Å².